The van der Waals surface area contributed by atoms with Crippen LogP contribution in [-0.2, 0) is 12.8 Å². The second-order valence-corrected chi connectivity index (χ2v) is 7.07. The number of piperidine rings is 1. The molecule has 0 aromatic carbocycles. The van der Waals surface area contributed by atoms with Crippen molar-refractivity contribution in [1.29, 1.82) is 0 Å². The van der Waals surface area contributed by atoms with Crippen molar-refractivity contribution in [2.24, 2.45) is 5.92 Å². The van der Waals surface area contributed by atoms with Crippen molar-refractivity contribution < 1.29 is 9.90 Å². The normalized spacial score (nSPS) is 24.3. The van der Waals surface area contributed by atoms with Crippen LogP contribution in [-0.4, -0.2) is 35.1 Å². The number of aliphatic hydroxyl groups excluding tert-OH is 1. The smallest absolute Gasteiger partial charge is 0.263 e. The van der Waals surface area contributed by atoms with E-state index in [1.807, 2.05) is 4.90 Å². The second kappa shape index (κ2) is 5.25. The quantitative estimate of drug-likeness (QED) is 0.858. The topological polar surface area (TPSA) is 40.5 Å². The maximum Gasteiger partial charge on any atom is 0.263 e. The van der Waals surface area contributed by atoms with Crippen LogP contribution < -0.4 is 0 Å². The Morgan fingerprint density at radius 2 is 2.11 bits per heavy atom. The van der Waals surface area contributed by atoms with Crippen LogP contribution in [0.4, 0.5) is 0 Å². The largest absolute Gasteiger partial charge is 0.393 e. The molecule has 1 N–H and O–H groups in total. The molecule has 1 amide bonds. The third-order valence-electron chi connectivity index (χ3n) is 4.29. The number of aliphatic hydroxyl groups is 1. The molecule has 1 saturated heterocycles. The number of carbonyl (C=O) groups is 1. The number of amides is 1. The van der Waals surface area contributed by atoms with Gasteiger partial charge in [-0.3, -0.25) is 4.79 Å². The number of hydrogen-bond acceptors (Lipinski definition) is 3. The minimum absolute atomic E-state index is 0.166. The van der Waals surface area contributed by atoms with E-state index in [0.717, 1.165) is 23.6 Å². The fraction of sp³-hybridized carbons (Fsp3) is 0.667. The summed E-state index contributed by atoms with van der Waals surface area (Å²) in [6.07, 6.45) is 4.71. The molecule has 0 saturated carbocycles. The Bertz CT molecular complexity index is 474. The van der Waals surface area contributed by atoms with Crippen LogP contribution in [0.3, 0.4) is 0 Å². The van der Waals surface area contributed by atoms with Gasteiger partial charge in [0.05, 0.1) is 11.0 Å². The van der Waals surface area contributed by atoms with E-state index in [-0.39, 0.29) is 12.0 Å². The molecule has 3 rings (SSSR count). The van der Waals surface area contributed by atoms with Crippen LogP contribution in [0.1, 0.15) is 46.3 Å². The zero-order valence-electron chi connectivity index (χ0n) is 11.4. The first kappa shape index (κ1) is 13.1. The molecule has 0 spiro atoms. The first-order chi connectivity index (χ1) is 9.13. The van der Waals surface area contributed by atoms with E-state index in [2.05, 4.69) is 13.0 Å². The zero-order chi connectivity index (χ0) is 13.4. The maximum atomic E-state index is 12.5. The molecule has 1 aliphatic heterocycles. The van der Waals surface area contributed by atoms with Gasteiger partial charge in [-0.1, -0.05) is 6.92 Å². The predicted octanol–water partition coefficient (Wildman–Crippen LogP) is 2.47. The molecule has 19 heavy (non-hydrogen) atoms. The second-order valence-electron chi connectivity index (χ2n) is 5.93. The van der Waals surface area contributed by atoms with Crippen molar-refractivity contribution in [3.8, 4) is 0 Å². The fourth-order valence-corrected chi connectivity index (χ4v) is 4.21. The summed E-state index contributed by atoms with van der Waals surface area (Å²) in [5.41, 5.74) is 1.39. The molecule has 1 fully saturated rings. The lowest BCUT2D eigenvalue weighted by molar-refractivity contribution is 0.0550. The van der Waals surface area contributed by atoms with Crippen molar-refractivity contribution >= 4 is 17.2 Å². The van der Waals surface area contributed by atoms with Crippen LogP contribution in [0.25, 0.3) is 0 Å². The van der Waals surface area contributed by atoms with Crippen molar-refractivity contribution in [2.45, 2.75) is 45.1 Å². The SMILES string of the molecule is CC1CCc2sc(C(=O)N3CCC(O)CC3)cc2C1. The Hall–Kier alpha value is -0.870. The highest BCUT2D eigenvalue weighted by molar-refractivity contribution is 7.14. The van der Waals surface area contributed by atoms with Crippen molar-refractivity contribution in [2.75, 3.05) is 13.1 Å². The van der Waals surface area contributed by atoms with Gasteiger partial charge >= 0.3 is 0 Å². The number of carbonyl (C=O) groups excluding carboxylic acids is 1. The highest BCUT2D eigenvalue weighted by Crippen LogP contribution is 2.33. The van der Waals surface area contributed by atoms with Gasteiger partial charge in [-0.15, -0.1) is 11.3 Å². The molecule has 2 aliphatic rings. The molecule has 104 valence electrons. The summed E-state index contributed by atoms with van der Waals surface area (Å²) < 4.78 is 0. The Kier molecular flexibility index (Phi) is 3.63. The standard InChI is InChI=1S/C15H21NO2S/c1-10-2-3-13-11(8-10)9-14(19-13)15(18)16-6-4-12(17)5-7-16/h9-10,12,17H,2-8H2,1H3. The van der Waals surface area contributed by atoms with Crippen molar-refractivity contribution in [3.05, 3.63) is 21.4 Å². The van der Waals surface area contributed by atoms with E-state index < -0.39 is 0 Å². The minimum Gasteiger partial charge on any atom is -0.393 e. The average Bonchev–Trinajstić information content (AvgIpc) is 2.81. The maximum absolute atomic E-state index is 12.5. The van der Waals surface area contributed by atoms with Crippen LogP contribution in [0, 0.1) is 5.92 Å². The molecule has 1 atom stereocenters. The van der Waals surface area contributed by atoms with E-state index in [1.165, 1.54) is 16.9 Å². The number of fused-ring (bicyclic) bond motifs is 1. The van der Waals surface area contributed by atoms with E-state index in [0.29, 0.717) is 25.9 Å². The van der Waals surface area contributed by atoms with Crippen molar-refractivity contribution in [1.82, 2.24) is 4.90 Å². The van der Waals surface area contributed by atoms with E-state index >= 15 is 0 Å². The van der Waals surface area contributed by atoms with Crippen LogP contribution in [0.15, 0.2) is 6.07 Å². The molecule has 3 nitrogen and oxygen atoms in total. The number of thiophene rings is 1. The molecule has 1 aliphatic carbocycles. The lowest BCUT2D eigenvalue weighted by Gasteiger charge is -2.29. The van der Waals surface area contributed by atoms with Gasteiger partial charge in [0.25, 0.3) is 5.91 Å². The summed E-state index contributed by atoms with van der Waals surface area (Å²) in [5, 5.41) is 9.51. The summed E-state index contributed by atoms with van der Waals surface area (Å²) in [6.45, 7) is 3.67. The third-order valence-corrected chi connectivity index (χ3v) is 5.52. The predicted molar refractivity (Wildman–Crippen MR) is 76.7 cm³/mol. The Morgan fingerprint density at radius 1 is 1.37 bits per heavy atom. The summed E-state index contributed by atoms with van der Waals surface area (Å²) in [6, 6.07) is 2.11. The van der Waals surface area contributed by atoms with Gasteiger partial charge in [0.15, 0.2) is 0 Å². The number of hydrogen-bond donors (Lipinski definition) is 1. The summed E-state index contributed by atoms with van der Waals surface area (Å²) >= 11 is 1.69. The van der Waals surface area contributed by atoms with Crippen molar-refractivity contribution in [3.63, 3.8) is 0 Å². The zero-order valence-corrected chi connectivity index (χ0v) is 12.2. The van der Waals surface area contributed by atoms with Crippen LogP contribution in [0.5, 0.6) is 0 Å². The number of nitrogens with zero attached hydrogens (tertiary/aromatic N) is 1. The molecule has 0 radical (unpaired) electrons. The van der Waals surface area contributed by atoms with Gasteiger partial charge in [-0.25, -0.2) is 0 Å². The third kappa shape index (κ3) is 2.70. The van der Waals surface area contributed by atoms with Gasteiger partial charge in [-0.05, 0) is 49.7 Å². The van der Waals surface area contributed by atoms with Gasteiger partial charge in [-0.2, -0.15) is 0 Å². The van der Waals surface area contributed by atoms with E-state index in [1.54, 1.807) is 11.3 Å². The summed E-state index contributed by atoms with van der Waals surface area (Å²) in [5.74, 6) is 0.911. The molecule has 2 heterocycles. The molecule has 4 heteroatoms. The monoisotopic (exact) mass is 279 g/mol. The highest BCUT2D eigenvalue weighted by Gasteiger charge is 2.26. The average molecular weight is 279 g/mol. The number of aryl methyl sites for hydroxylation is 1. The minimum atomic E-state index is -0.221. The lowest BCUT2D eigenvalue weighted by Crippen LogP contribution is -2.39. The van der Waals surface area contributed by atoms with Gasteiger partial charge < -0.3 is 10.0 Å². The van der Waals surface area contributed by atoms with Crippen LogP contribution in [0.2, 0.25) is 0 Å². The number of rotatable bonds is 1. The Morgan fingerprint density at radius 3 is 2.84 bits per heavy atom. The molecular formula is C15H21NO2S. The molecule has 1 aromatic heterocycles. The Balaban J connectivity index is 1.74. The molecule has 1 aromatic rings. The summed E-state index contributed by atoms with van der Waals surface area (Å²) in [4.78, 5) is 16.7. The first-order valence-electron chi connectivity index (χ1n) is 7.22. The molecule has 0 bridgehead atoms. The van der Waals surface area contributed by atoms with Gasteiger partial charge in [0.2, 0.25) is 0 Å². The Labute approximate surface area is 118 Å². The first-order valence-corrected chi connectivity index (χ1v) is 8.04. The molecule has 1 unspecified atom stereocenters. The number of likely N-dealkylation sites (tertiary alicyclic amines) is 1. The molecular weight excluding hydrogens is 258 g/mol. The van der Waals surface area contributed by atoms with E-state index in [4.69, 9.17) is 0 Å². The lowest BCUT2D eigenvalue weighted by atomic mass is 9.90. The van der Waals surface area contributed by atoms with E-state index in [9.17, 15) is 9.90 Å². The van der Waals surface area contributed by atoms with Gasteiger partial charge in [0, 0.05) is 18.0 Å². The summed E-state index contributed by atoms with van der Waals surface area (Å²) in [7, 11) is 0. The highest BCUT2D eigenvalue weighted by atomic mass is 32.1. The fourth-order valence-electron chi connectivity index (χ4n) is 3.04. The van der Waals surface area contributed by atoms with Crippen LogP contribution >= 0.6 is 11.3 Å². The van der Waals surface area contributed by atoms with Gasteiger partial charge in [0.1, 0.15) is 0 Å².